The number of carbonyl (C=O) groups is 2. The molecule has 7 nitrogen and oxygen atoms in total. The van der Waals surface area contributed by atoms with E-state index >= 15 is 0 Å². The fourth-order valence-electron chi connectivity index (χ4n) is 1.88. The van der Waals surface area contributed by atoms with E-state index in [9.17, 15) is 9.59 Å². The van der Waals surface area contributed by atoms with E-state index in [1.165, 1.54) is 11.8 Å². The second kappa shape index (κ2) is 6.75. The van der Waals surface area contributed by atoms with Crippen molar-refractivity contribution in [1.29, 1.82) is 0 Å². The summed E-state index contributed by atoms with van der Waals surface area (Å²) in [4.78, 5) is 25.0. The number of aryl methyl sites for hydroxylation is 1. The molecule has 0 atom stereocenters. The summed E-state index contributed by atoms with van der Waals surface area (Å²) in [5, 5.41) is 6.46. The van der Waals surface area contributed by atoms with E-state index in [-0.39, 0.29) is 18.4 Å². The highest BCUT2D eigenvalue weighted by molar-refractivity contribution is 6.01. The van der Waals surface area contributed by atoms with E-state index < -0.39 is 0 Å². The van der Waals surface area contributed by atoms with Gasteiger partial charge in [-0.15, -0.1) is 0 Å². The van der Waals surface area contributed by atoms with Gasteiger partial charge in [-0.05, 0) is 19.1 Å². The Bertz CT molecular complexity index is 681. The summed E-state index contributed by atoms with van der Waals surface area (Å²) in [5.41, 5.74) is 0.587. The first kappa shape index (κ1) is 15.6. The molecule has 0 aliphatic carbocycles. The van der Waals surface area contributed by atoms with E-state index in [4.69, 9.17) is 9.26 Å². The lowest BCUT2D eigenvalue weighted by molar-refractivity contribution is -0.120. The second-order valence-corrected chi connectivity index (χ2v) is 4.68. The van der Waals surface area contributed by atoms with Crippen LogP contribution in [0.5, 0.6) is 5.75 Å². The maximum atomic E-state index is 12.1. The third kappa shape index (κ3) is 3.85. The molecule has 1 aromatic heterocycles. The normalized spacial score (nSPS) is 10.1. The maximum Gasteiger partial charge on any atom is 0.244 e. The Morgan fingerprint density at radius 1 is 1.36 bits per heavy atom. The Hall–Kier alpha value is -2.83. The molecule has 0 spiro atoms. The number of nitrogens with one attached hydrogen (secondary N) is 1. The van der Waals surface area contributed by atoms with E-state index in [0.717, 1.165) is 0 Å². The molecular weight excluding hydrogens is 286 g/mol. The molecule has 2 rings (SSSR count). The van der Waals surface area contributed by atoms with Gasteiger partial charge in [0.25, 0.3) is 0 Å². The molecule has 0 radical (unpaired) electrons. The lowest BCUT2D eigenvalue weighted by atomic mass is 10.3. The van der Waals surface area contributed by atoms with Crippen molar-refractivity contribution in [2.75, 3.05) is 23.9 Å². The monoisotopic (exact) mass is 303 g/mol. The first-order valence-electron chi connectivity index (χ1n) is 6.65. The third-order valence-corrected chi connectivity index (χ3v) is 2.93. The summed E-state index contributed by atoms with van der Waals surface area (Å²) < 4.78 is 10.0. The van der Waals surface area contributed by atoms with Crippen molar-refractivity contribution in [3.8, 4) is 5.75 Å². The average molecular weight is 303 g/mol. The summed E-state index contributed by atoms with van der Waals surface area (Å²) in [6.45, 7) is 2.92. The maximum absolute atomic E-state index is 12.1. The van der Waals surface area contributed by atoms with Crippen molar-refractivity contribution >= 4 is 23.3 Å². The topological polar surface area (TPSA) is 84.7 Å². The molecule has 0 unspecified atom stereocenters. The number of hydrogen-bond donors (Lipinski definition) is 1. The molecule has 1 aromatic carbocycles. The highest BCUT2D eigenvalue weighted by atomic mass is 16.5. The molecule has 0 saturated heterocycles. The number of methoxy groups -OCH3 is 1. The molecule has 0 saturated carbocycles. The van der Waals surface area contributed by atoms with Crippen LogP contribution in [-0.4, -0.2) is 30.6 Å². The summed E-state index contributed by atoms with van der Waals surface area (Å²) in [7, 11) is 1.55. The van der Waals surface area contributed by atoms with Gasteiger partial charge in [-0.2, -0.15) is 0 Å². The molecule has 2 amide bonds. The van der Waals surface area contributed by atoms with Gasteiger partial charge in [-0.1, -0.05) is 11.2 Å². The summed E-state index contributed by atoms with van der Waals surface area (Å²) in [6.07, 6.45) is 0. The number of ether oxygens (including phenoxy) is 1. The van der Waals surface area contributed by atoms with Gasteiger partial charge in [0, 0.05) is 24.7 Å². The van der Waals surface area contributed by atoms with Crippen LogP contribution in [0.1, 0.15) is 12.7 Å². The van der Waals surface area contributed by atoms with Gasteiger partial charge in [0.2, 0.25) is 11.8 Å². The van der Waals surface area contributed by atoms with Crippen molar-refractivity contribution in [3.63, 3.8) is 0 Å². The molecule has 2 aromatic rings. The number of rotatable bonds is 5. The van der Waals surface area contributed by atoms with E-state index in [2.05, 4.69) is 10.5 Å². The smallest absolute Gasteiger partial charge is 0.244 e. The summed E-state index contributed by atoms with van der Waals surface area (Å²) in [5.74, 6) is 0.867. The minimum Gasteiger partial charge on any atom is -0.497 e. The van der Waals surface area contributed by atoms with E-state index in [1.807, 2.05) is 0 Å². The van der Waals surface area contributed by atoms with Gasteiger partial charge in [0.1, 0.15) is 18.1 Å². The number of nitrogens with zero attached hydrogens (tertiary/aromatic N) is 2. The first-order chi connectivity index (χ1) is 10.5. The molecule has 7 heteroatoms. The van der Waals surface area contributed by atoms with Gasteiger partial charge < -0.3 is 14.6 Å². The van der Waals surface area contributed by atoms with Crippen LogP contribution in [0, 0.1) is 6.92 Å². The van der Waals surface area contributed by atoms with Crippen LogP contribution in [0.3, 0.4) is 0 Å². The number of aromatic nitrogens is 1. The van der Waals surface area contributed by atoms with Crippen molar-refractivity contribution in [1.82, 2.24) is 5.16 Å². The van der Waals surface area contributed by atoms with Crippen LogP contribution in [0.25, 0.3) is 0 Å². The van der Waals surface area contributed by atoms with Crippen molar-refractivity contribution in [2.45, 2.75) is 13.8 Å². The number of amides is 2. The van der Waals surface area contributed by atoms with Gasteiger partial charge in [-0.3, -0.25) is 14.5 Å². The van der Waals surface area contributed by atoms with E-state index in [0.29, 0.717) is 23.0 Å². The van der Waals surface area contributed by atoms with Gasteiger partial charge >= 0.3 is 0 Å². The fraction of sp³-hybridized carbons (Fsp3) is 0.267. The predicted octanol–water partition coefficient (Wildman–Crippen LogP) is 1.98. The standard InChI is InChI=1S/C15H17N3O4/c1-10-7-14(17-22-10)18(11(2)19)9-15(20)16-12-5-4-6-13(8-12)21-3/h4-8H,9H2,1-3H3,(H,16,20). The SMILES string of the molecule is COc1cccc(NC(=O)CN(C(C)=O)c2cc(C)on2)c1. The van der Waals surface area contributed by atoms with Crippen molar-refractivity contribution in [2.24, 2.45) is 0 Å². The van der Waals surface area contributed by atoms with Crippen LogP contribution in [0.15, 0.2) is 34.9 Å². The largest absolute Gasteiger partial charge is 0.497 e. The molecule has 22 heavy (non-hydrogen) atoms. The zero-order chi connectivity index (χ0) is 16.1. The molecule has 1 heterocycles. The summed E-state index contributed by atoms with van der Waals surface area (Å²) >= 11 is 0. The van der Waals surface area contributed by atoms with Gasteiger partial charge in [0.05, 0.1) is 7.11 Å². The lowest BCUT2D eigenvalue weighted by Gasteiger charge is -2.17. The Morgan fingerprint density at radius 3 is 2.73 bits per heavy atom. The van der Waals surface area contributed by atoms with Gasteiger partial charge in [0.15, 0.2) is 5.82 Å². The Labute approximate surface area is 127 Å². The zero-order valence-electron chi connectivity index (χ0n) is 12.6. The van der Waals surface area contributed by atoms with Gasteiger partial charge in [-0.25, -0.2) is 0 Å². The fourth-order valence-corrected chi connectivity index (χ4v) is 1.88. The molecule has 0 aliphatic rings. The molecule has 116 valence electrons. The van der Waals surface area contributed by atoms with Crippen molar-refractivity contribution in [3.05, 3.63) is 36.1 Å². The first-order valence-corrected chi connectivity index (χ1v) is 6.65. The van der Waals surface area contributed by atoms with Crippen LogP contribution < -0.4 is 15.0 Å². The minimum atomic E-state index is -0.343. The zero-order valence-corrected chi connectivity index (χ0v) is 12.6. The minimum absolute atomic E-state index is 0.154. The molecule has 0 aliphatic heterocycles. The summed E-state index contributed by atoms with van der Waals surface area (Å²) in [6, 6.07) is 8.56. The molecule has 0 bridgehead atoms. The van der Waals surface area contributed by atoms with Crippen molar-refractivity contribution < 1.29 is 18.8 Å². The Morgan fingerprint density at radius 2 is 2.14 bits per heavy atom. The number of carbonyl (C=O) groups excluding carboxylic acids is 2. The van der Waals surface area contributed by atoms with Crippen LogP contribution in [0.4, 0.5) is 11.5 Å². The van der Waals surface area contributed by atoms with Crippen LogP contribution >= 0.6 is 0 Å². The number of benzene rings is 1. The Balaban J connectivity index is 2.06. The third-order valence-electron chi connectivity index (χ3n) is 2.93. The molecule has 0 fully saturated rings. The number of hydrogen-bond acceptors (Lipinski definition) is 5. The highest BCUT2D eigenvalue weighted by Crippen LogP contribution is 2.17. The van der Waals surface area contributed by atoms with Crippen LogP contribution in [-0.2, 0) is 9.59 Å². The van der Waals surface area contributed by atoms with Crippen LogP contribution in [0.2, 0.25) is 0 Å². The average Bonchev–Trinajstić information content (AvgIpc) is 2.91. The van der Waals surface area contributed by atoms with E-state index in [1.54, 1.807) is 44.4 Å². The lowest BCUT2D eigenvalue weighted by Crippen LogP contribution is -2.36. The molecular formula is C15H17N3O4. The predicted molar refractivity (Wildman–Crippen MR) is 80.9 cm³/mol. The quantitative estimate of drug-likeness (QED) is 0.913. The number of anilines is 2. The Kier molecular flexibility index (Phi) is 4.77. The molecule has 1 N–H and O–H groups in total. The highest BCUT2D eigenvalue weighted by Gasteiger charge is 2.19. The second-order valence-electron chi connectivity index (χ2n) is 4.68.